The Morgan fingerprint density at radius 2 is 2.29 bits per heavy atom. The molecule has 0 aromatic carbocycles. The lowest BCUT2D eigenvalue weighted by Gasteiger charge is -2.28. The standard InChI is InChI=1S/C13H16N2O2/c1-4-5-15-12(17)13(3)7-9(2)6-10(8-13)11(14)16/h1,6-7H,5,8H2,2-3H3,(H2,14,16)(H,15,17). The number of nitrogens with two attached hydrogens (primary N) is 1. The van der Waals surface area contributed by atoms with Gasteiger partial charge in [-0.25, -0.2) is 0 Å². The summed E-state index contributed by atoms with van der Waals surface area (Å²) in [4.78, 5) is 23.1. The number of primary amides is 1. The Bertz CT molecular complexity index is 455. The van der Waals surface area contributed by atoms with Crippen molar-refractivity contribution in [3.63, 3.8) is 0 Å². The van der Waals surface area contributed by atoms with E-state index in [2.05, 4.69) is 11.2 Å². The molecular formula is C13H16N2O2. The van der Waals surface area contributed by atoms with Crippen LogP contribution in [0.2, 0.25) is 0 Å². The Hall–Kier alpha value is -2.02. The number of rotatable bonds is 3. The van der Waals surface area contributed by atoms with Gasteiger partial charge in [-0.2, -0.15) is 0 Å². The first-order valence-corrected chi connectivity index (χ1v) is 5.30. The van der Waals surface area contributed by atoms with Crippen LogP contribution in [0, 0.1) is 17.8 Å². The molecule has 0 heterocycles. The van der Waals surface area contributed by atoms with Gasteiger partial charge in [-0.3, -0.25) is 9.59 Å². The van der Waals surface area contributed by atoms with Crippen LogP contribution in [0.15, 0.2) is 23.3 Å². The van der Waals surface area contributed by atoms with Gasteiger partial charge in [0.05, 0.1) is 12.0 Å². The quantitative estimate of drug-likeness (QED) is 0.696. The van der Waals surface area contributed by atoms with Crippen molar-refractivity contribution < 1.29 is 9.59 Å². The highest BCUT2D eigenvalue weighted by molar-refractivity contribution is 5.95. The molecule has 1 atom stereocenters. The van der Waals surface area contributed by atoms with Crippen LogP contribution in [0.5, 0.6) is 0 Å². The van der Waals surface area contributed by atoms with E-state index in [4.69, 9.17) is 12.2 Å². The summed E-state index contributed by atoms with van der Waals surface area (Å²) < 4.78 is 0. The molecule has 2 amide bonds. The van der Waals surface area contributed by atoms with E-state index in [1.165, 1.54) is 0 Å². The SMILES string of the molecule is C#CCNC(=O)C1(C)C=C(C)C=C(C(N)=O)C1. The lowest BCUT2D eigenvalue weighted by Crippen LogP contribution is -2.40. The highest BCUT2D eigenvalue weighted by Gasteiger charge is 2.35. The minimum absolute atomic E-state index is 0.178. The van der Waals surface area contributed by atoms with Crippen molar-refractivity contribution >= 4 is 11.8 Å². The zero-order valence-electron chi connectivity index (χ0n) is 10.0. The Morgan fingerprint density at radius 3 is 2.82 bits per heavy atom. The Balaban J connectivity index is 2.93. The third kappa shape index (κ3) is 2.97. The number of hydrogen-bond donors (Lipinski definition) is 2. The number of allylic oxidation sites excluding steroid dienone is 2. The van der Waals surface area contributed by atoms with Crippen molar-refractivity contribution in [1.82, 2.24) is 5.32 Å². The maximum Gasteiger partial charge on any atom is 0.244 e. The Kier molecular flexibility index (Phi) is 3.74. The van der Waals surface area contributed by atoms with Gasteiger partial charge >= 0.3 is 0 Å². The fourth-order valence-corrected chi connectivity index (χ4v) is 1.95. The van der Waals surface area contributed by atoms with Crippen molar-refractivity contribution in [1.29, 1.82) is 0 Å². The van der Waals surface area contributed by atoms with E-state index >= 15 is 0 Å². The highest BCUT2D eigenvalue weighted by Crippen LogP contribution is 2.33. The largest absolute Gasteiger partial charge is 0.366 e. The molecule has 0 saturated carbocycles. The smallest absolute Gasteiger partial charge is 0.244 e. The maximum atomic E-state index is 12.0. The van der Waals surface area contributed by atoms with Gasteiger partial charge in [0.1, 0.15) is 0 Å². The van der Waals surface area contributed by atoms with Crippen molar-refractivity contribution in [2.45, 2.75) is 20.3 Å². The molecule has 4 nitrogen and oxygen atoms in total. The second-order valence-corrected chi connectivity index (χ2v) is 4.40. The normalized spacial score (nSPS) is 23.1. The average molecular weight is 232 g/mol. The van der Waals surface area contributed by atoms with E-state index in [0.717, 1.165) is 5.57 Å². The third-order valence-corrected chi connectivity index (χ3v) is 2.69. The Labute approximate surface area is 101 Å². The van der Waals surface area contributed by atoms with Crippen LogP contribution >= 0.6 is 0 Å². The molecule has 0 aliphatic heterocycles. The summed E-state index contributed by atoms with van der Waals surface area (Å²) >= 11 is 0. The zero-order chi connectivity index (χ0) is 13.1. The van der Waals surface area contributed by atoms with Crippen LogP contribution in [-0.4, -0.2) is 18.4 Å². The van der Waals surface area contributed by atoms with Crippen LogP contribution in [0.1, 0.15) is 20.3 Å². The van der Waals surface area contributed by atoms with Crippen molar-refractivity contribution in [3.8, 4) is 12.3 Å². The fourth-order valence-electron chi connectivity index (χ4n) is 1.95. The van der Waals surface area contributed by atoms with Crippen molar-refractivity contribution in [2.24, 2.45) is 11.1 Å². The molecule has 1 unspecified atom stereocenters. The summed E-state index contributed by atoms with van der Waals surface area (Å²) in [5, 5.41) is 2.62. The predicted molar refractivity (Wildman–Crippen MR) is 65.6 cm³/mol. The predicted octanol–water partition coefficient (Wildman–Crippen LogP) is 0.504. The number of carbonyl (C=O) groups is 2. The van der Waals surface area contributed by atoms with Crippen molar-refractivity contribution in [3.05, 3.63) is 23.3 Å². The number of amides is 2. The summed E-state index contributed by atoms with van der Waals surface area (Å²) in [6.07, 6.45) is 8.92. The van der Waals surface area contributed by atoms with Gasteiger partial charge in [0, 0.05) is 5.57 Å². The monoisotopic (exact) mass is 232 g/mol. The van der Waals surface area contributed by atoms with E-state index in [9.17, 15) is 9.59 Å². The zero-order valence-corrected chi connectivity index (χ0v) is 10.0. The molecule has 0 aromatic rings. The first-order valence-electron chi connectivity index (χ1n) is 5.30. The first-order chi connectivity index (χ1) is 7.89. The molecule has 17 heavy (non-hydrogen) atoms. The number of nitrogens with one attached hydrogen (secondary N) is 1. The molecule has 1 aliphatic rings. The minimum Gasteiger partial charge on any atom is -0.366 e. The van der Waals surface area contributed by atoms with Crippen LogP contribution in [0.25, 0.3) is 0 Å². The van der Waals surface area contributed by atoms with Gasteiger partial charge in [-0.05, 0) is 20.3 Å². The topological polar surface area (TPSA) is 72.2 Å². The van der Waals surface area contributed by atoms with Crippen LogP contribution < -0.4 is 11.1 Å². The summed E-state index contributed by atoms with van der Waals surface area (Å²) in [5.74, 6) is 1.66. The lowest BCUT2D eigenvalue weighted by molar-refractivity contribution is -0.127. The molecular weight excluding hydrogens is 216 g/mol. The first kappa shape index (κ1) is 13.0. The fraction of sp³-hybridized carbons (Fsp3) is 0.385. The van der Waals surface area contributed by atoms with E-state index in [0.29, 0.717) is 12.0 Å². The van der Waals surface area contributed by atoms with Gasteiger partial charge in [-0.15, -0.1) is 6.42 Å². The van der Waals surface area contributed by atoms with Crippen LogP contribution in [0.4, 0.5) is 0 Å². The van der Waals surface area contributed by atoms with E-state index in [1.54, 1.807) is 13.0 Å². The molecule has 0 radical (unpaired) electrons. The second kappa shape index (κ2) is 4.88. The van der Waals surface area contributed by atoms with Crippen LogP contribution in [0.3, 0.4) is 0 Å². The minimum atomic E-state index is -0.764. The average Bonchev–Trinajstić information content (AvgIpc) is 2.24. The van der Waals surface area contributed by atoms with Gasteiger partial charge in [0.25, 0.3) is 0 Å². The summed E-state index contributed by atoms with van der Waals surface area (Å²) in [7, 11) is 0. The summed E-state index contributed by atoms with van der Waals surface area (Å²) in [6, 6.07) is 0. The molecule has 1 rings (SSSR count). The molecule has 0 aromatic heterocycles. The van der Waals surface area contributed by atoms with Gasteiger partial charge in [-0.1, -0.05) is 23.6 Å². The molecule has 3 N–H and O–H groups in total. The summed E-state index contributed by atoms with van der Waals surface area (Å²) in [6.45, 7) is 3.77. The van der Waals surface area contributed by atoms with Gasteiger partial charge in [0.2, 0.25) is 11.8 Å². The van der Waals surface area contributed by atoms with Gasteiger partial charge in [0.15, 0.2) is 0 Å². The third-order valence-electron chi connectivity index (χ3n) is 2.69. The lowest BCUT2D eigenvalue weighted by atomic mass is 9.77. The number of terminal acetylenes is 1. The molecule has 0 spiro atoms. The molecule has 90 valence electrons. The molecule has 0 saturated heterocycles. The number of carbonyl (C=O) groups excluding carboxylic acids is 2. The molecule has 1 aliphatic carbocycles. The van der Waals surface area contributed by atoms with E-state index in [1.807, 2.05) is 13.0 Å². The van der Waals surface area contributed by atoms with Gasteiger partial charge < -0.3 is 11.1 Å². The second-order valence-electron chi connectivity index (χ2n) is 4.40. The van der Waals surface area contributed by atoms with Crippen LogP contribution in [-0.2, 0) is 9.59 Å². The highest BCUT2D eigenvalue weighted by atomic mass is 16.2. The van der Waals surface area contributed by atoms with E-state index in [-0.39, 0.29) is 12.5 Å². The number of hydrogen-bond acceptors (Lipinski definition) is 2. The molecule has 0 bridgehead atoms. The Morgan fingerprint density at radius 1 is 1.65 bits per heavy atom. The summed E-state index contributed by atoms with van der Waals surface area (Å²) in [5.41, 5.74) is 5.80. The molecule has 0 fully saturated rings. The maximum absolute atomic E-state index is 12.0. The van der Waals surface area contributed by atoms with E-state index < -0.39 is 11.3 Å². The molecule has 4 heteroatoms. The van der Waals surface area contributed by atoms with Crippen molar-refractivity contribution in [2.75, 3.05) is 6.54 Å².